The minimum atomic E-state index is -0.192. The van der Waals surface area contributed by atoms with Crippen molar-refractivity contribution >= 4 is 5.91 Å². The Bertz CT molecular complexity index is 942. The zero-order valence-electron chi connectivity index (χ0n) is 14.7. The molecule has 5 heteroatoms. The van der Waals surface area contributed by atoms with Crippen LogP contribution in [0.25, 0.3) is 11.1 Å². The highest BCUT2D eigenvalue weighted by molar-refractivity contribution is 5.94. The highest BCUT2D eigenvalue weighted by Gasteiger charge is 2.18. The summed E-state index contributed by atoms with van der Waals surface area (Å²) < 4.78 is 7.29. The number of hydrogen-bond donors (Lipinski definition) is 1. The first-order chi connectivity index (χ1) is 13.3. The summed E-state index contributed by atoms with van der Waals surface area (Å²) in [4.78, 5) is 12.6. The summed E-state index contributed by atoms with van der Waals surface area (Å²) in [5.41, 5.74) is 2.83. The third kappa shape index (κ3) is 3.82. The molecule has 0 aliphatic heterocycles. The molecule has 0 bridgehead atoms. The Morgan fingerprint density at radius 2 is 1.74 bits per heavy atom. The summed E-state index contributed by atoms with van der Waals surface area (Å²) in [7, 11) is 0. The largest absolute Gasteiger partial charge is 0.467 e. The average Bonchev–Trinajstić information content (AvgIpc) is 3.44. The first kappa shape index (κ1) is 16.8. The zero-order chi connectivity index (χ0) is 18.5. The average molecular weight is 357 g/mol. The smallest absolute Gasteiger partial charge is 0.251 e. The van der Waals surface area contributed by atoms with Crippen LogP contribution < -0.4 is 5.32 Å². The van der Waals surface area contributed by atoms with Gasteiger partial charge in [-0.25, -0.2) is 0 Å². The Labute approximate surface area is 157 Å². The molecule has 2 aromatic carbocycles. The number of amides is 1. The van der Waals surface area contributed by atoms with E-state index in [2.05, 4.69) is 10.4 Å². The maximum absolute atomic E-state index is 12.6. The van der Waals surface area contributed by atoms with Crippen molar-refractivity contribution in [2.45, 2.75) is 6.04 Å². The Balaban J connectivity index is 1.45. The van der Waals surface area contributed by atoms with Crippen LogP contribution in [0.5, 0.6) is 0 Å². The molecular formula is C22H19N3O2. The molecule has 134 valence electrons. The van der Waals surface area contributed by atoms with Crippen molar-refractivity contribution in [1.82, 2.24) is 15.1 Å². The van der Waals surface area contributed by atoms with Crippen LogP contribution >= 0.6 is 0 Å². The minimum Gasteiger partial charge on any atom is -0.467 e. The van der Waals surface area contributed by atoms with Crippen molar-refractivity contribution < 1.29 is 9.21 Å². The Kier molecular flexibility index (Phi) is 4.83. The third-order valence-electron chi connectivity index (χ3n) is 4.43. The first-order valence-electron chi connectivity index (χ1n) is 8.77. The van der Waals surface area contributed by atoms with E-state index in [0.29, 0.717) is 12.1 Å². The highest BCUT2D eigenvalue weighted by atomic mass is 16.3. The molecule has 2 aromatic heterocycles. The summed E-state index contributed by atoms with van der Waals surface area (Å²) >= 11 is 0. The van der Waals surface area contributed by atoms with Crippen molar-refractivity contribution in [3.8, 4) is 11.1 Å². The van der Waals surface area contributed by atoms with Crippen molar-refractivity contribution in [2.75, 3.05) is 6.54 Å². The summed E-state index contributed by atoms with van der Waals surface area (Å²) in [5.74, 6) is 0.622. The predicted octanol–water partition coefficient (Wildman–Crippen LogP) is 4.16. The number of rotatable bonds is 6. The Hall–Kier alpha value is -3.60. The molecule has 4 rings (SSSR count). The van der Waals surface area contributed by atoms with Gasteiger partial charge in [0, 0.05) is 24.5 Å². The SMILES string of the molecule is O=C(NCC(c1ccco1)n1cccn1)c1ccc(-c2ccccc2)cc1. The van der Waals surface area contributed by atoms with Gasteiger partial charge in [-0.3, -0.25) is 9.48 Å². The van der Waals surface area contributed by atoms with Gasteiger partial charge in [-0.1, -0.05) is 42.5 Å². The van der Waals surface area contributed by atoms with Crippen LogP contribution in [-0.4, -0.2) is 22.2 Å². The molecule has 0 spiro atoms. The second kappa shape index (κ2) is 7.74. The van der Waals surface area contributed by atoms with Gasteiger partial charge < -0.3 is 9.73 Å². The van der Waals surface area contributed by atoms with E-state index in [4.69, 9.17) is 4.42 Å². The van der Waals surface area contributed by atoms with Gasteiger partial charge in [-0.15, -0.1) is 0 Å². The van der Waals surface area contributed by atoms with Crippen molar-refractivity contribution in [1.29, 1.82) is 0 Å². The molecule has 1 amide bonds. The van der Waals surface area contributed by atoms with Gasteiger partial charge in [-0.2, -0.15) is 5.10 Å². The van der Waals surface area contributed by atoms with Gasteiger partial charge in [0.1, 0.15) is 11.8 Å². The van der Waals surface area contributed by atoms with E-state index >= 15 is 0 Å². The molecule has 5 nitrogen and oxygen atoms in total. The maximum atomic E-state index is 12.6. The lowest BCUT2D eigenvalue weighted by atomic mass is 10.0. The molecule has 1 unspecified atom stereocenters. The number of nitrogens with one attached hydrogen (secondary N) is 1. The number of nitrogens with zero attached hydrogens (tertiary/aromatic N) is 2. The molecular weight excluding hydrogens is 338 g/mol. The second-order valence-electron chi connectivity index (χ2n) is 6.17. The lowest BCUT2D eigenvalue weighted by Gasteiger charge is -2.16. The number of aromatic nitrogens is 2. The lowest BCUT2D eigenvalue weighted by molar-refractivity contribution is 0.0948. The quantitative estimate of drug-likeness (QED) is 0.564. The standard InChI is InChI=1S/C22H19N3O2/c26-22(19-11-9-18(10-12-19)17-6-2-1-3-7-17)23-16-20(21-8-4-15-27-21)25-14-5-13-24-25/h1-15,20H,16H2,(H,23,26). The van der Waals surface area contributed by atoms with Gasteiger partial charge in [-0.05, 0) is 41.5 Å². The normalized spacial score (nSPS) is 11.9. The van der Waals surface area contributed by atoms with Crippen LogP contribution in [0.2, 0.25) is 0 Å². The Morgan fingerprint density at radius 3 is 2.41 bits per heavy atom. The van der Waals surface area contributed by atoms with Gasteiger partial charge >= 0.3 is 0 Å². The molecule has 27 heavy (non-hydrogen) atoms. The fourth-order valence-electron chi connectivity index (χ4n) is 3.01. The number of furan rings is 1. The van der Waals surface area contributed by atoms with Crippen LogP contribution in [0, 0.1) is 0 Å². The molecule has 0 saturated carbocycles. The first-order valence-corrected chi connectivity index (χ1v) is 8.77. The van der Waals surface area contributed by atoms with Crippen LogP contribution in [0.3, 0.4) is 0 Å². The summed E-state index contributed by atoms with van der Waals surface area (Å²) in [6, 6.07) is 23.1. The molecule has 0 aliphatic rings. The predicted molar refractivity (Wildman–Crippen MR) is 103 cm³/mol. The number of benzene rings is 2. The molecule has 0 fully saturated rings. The number of carbonyl (C=O) groups is 1. The molecule has 1 atom stereocenters. The van der Waals surface area contributed by atoms with Gasteiger partial charge in [0.2, 0.25) is 0 Å². The summed E-state index contributed by atoms with van der Waals surface area (Å²) in [5, 5.41) is 7.25. The van der Waals surface area contributed by atoms with E-state index in [9.17, 15) is 4.79 Å². The van der Waals surface area contributed by atoms with Crippen molar-refractivity contribution in [3.05, 3.63) is 103 Å². The monoisotopic (exact) mass is 357 g/mol. The van der Waals surface area contributed by atoms with Crippen LogP contribution in [0.1, 0.15) is 22.2 Å². The maximum Gasteiger partial charge on any atom is 0.251 e. The van der Waals surface area contributed by atoms with Gasteiger partial charge in [0.25, 0.3) is 5.91 Å². The molecule has 0 radical (unpaired) electrons. The second-order valence-corrected chi connectivity index (χ2v) is 6.17. The number of hydrogen-bond acceptors (Lipinski definition) is 3. The Morgan fingerprint density at radius 1 is 0.963 bits per heavy atom. The highest BCUT2D eigenvalue weighted by Crippen LogP contribution is 2.20. The van der Waals surface area contributed by atoms with E-state index in [1.807, 2.05) is 79.0 Å². The van der Waals surface area contributed by atoms with E-state index in [1.54, 1.807) is 17.1 Å². The molecule has 2 heterocycles. The fraction of sp³-hybridized carbons (Fsp3) is 0.0909. The minimum absolute atomic E-state index is 0.127. The molecule has 4 aromatic rings. The summed E-state index contributed by atoms with van der Waals surface area (Å²) in [6.45, 7) is 0.383. The molecule has 0 aliphatic carbocycles. The van der Waals surface area contributed by atoms with Gasteiger partial charge in [0.05, 0.1) is 6.26 Å². The lowest BCUT2D eigenvalue weighted by Crippen LogP contribution is -2.31. The van der Waals surface area contributed by atoms with E-state index in [0.717, 1.165) is 16.9 Å². The zero-order valence-corrected chi connectivity index (χ0v) is 14.7. The summed E-state index contributed by atoms with van der Waals surface area (Å²) in [6.07, 6.45) is 5.18. The fourth-order valence-corrected chi connectivity index (χ4v) is 3.01. The van der Waals surface area contributed by atoms with Crippen LogP contribution in [-0.2, 0) is 0 Å². The topological polar surface area (TPSA) is 60.1 Å². The molecule has 1 N–H and O–H groups in total. The van der Waals surface area contributed by atoms with Crippen LogP contribution in [0.4, 0.5) is 0 Å². The van der Waals surface area contributed by atoms with E-state index in [-0.39, 0.29) is 11.9 Å². The van der Waals surface area contributed by atoms with Crippen LogP contribution in [0.15, 0.2) is 95.9 Å². The van der Waals surface area contributed by atoms with Crippen molar-refractivity contribution in [2.24, 2.45) is 0 Å². The molecule has 0 saturated heterocycles. The third-order valence-corrected chi connectivity index (χ3v) is 4.43. The number of carbonyl (C=O) groups excluding carboxylic acids is 1. The van der Waals surface area contributed by atoms with E-state index < -0.39 is 0 Å². The van der Waals surface area contributed by atoms with Gasteiger partial charge in [0.15, 0.2) is 0 Å². The van der Waals surface area contributed by atoms with E-state index in [1.165, 1.54) is 0 Å². The van der Waals surface area contributed by atoms with Crippen molar-refractivity contribution in [3.63, 3.8) is 0 Å².